The Morgan fingerprint density at radius 2 is 2.12 bits per heavy atom. The molecule has 0 aliphatic rings. The van der Waals surface area contributed by atoms with Gasteiger partial charge in [-0.15, -0.1) is 0 Å². The van der Waals surface area contributed by atoms with Crippen LogP contribution in [0.3, 0.4) is 0 Å². The summed E-state index contributed by atoms with van der Waals surface area (Å²) in [7, 11) is 1.71. The van der Waals surface area contributed by atoms with Crippen molar-refractivity contribution in [2.75, 3.05) is 11.9 Å². The summed E-state index contributed by atoms with van der Waals surface area (Å²) in [6, 6.07) is 10.2. The molecule has 0 fully saturated rings. The summed E-state index contributed by atoms with van der Waals surface area (Å²) in [6.45, 7) is 0.789. The Labute approximate surface area is 97.7 Å². The van der Waals surface area contributed by atoms with Crippen LogP contribution in [0.15, 0.2) is 35.1 Å². The first-order chi connectivity index (χ1) is 7.75. The summed E-state index contributed by atoms with van der Waals surface area (Å²) in [5.74, 6) is 0. The lowest BCUT2D eigenvalue weighted by atomic mass is 10.2. The van der Waals surface area contributed by atoms with E-state index in [4.69, 9.17) is 0 Å². The van der Waals surface area contributed by atoms with Gasteiger partial charge in [0.1, 0.15) is 0 Å². The largest absolute Gasteiger partial charge is 0.360 e. The Bertz CT molecular complexity index is 503. The molecule has 1 N–H and O–H groups in total. The Hall–Kier alpha value is -1.62. The molecule has 4 nitrogen and oxygen atoms in total. The third kappa shape index (κ3) is 2.70. The maximum Gasteiger partial charge on any atom is 0.359 e. The van der Waals surface area contributed by atoms with E-state index in [0.29, 0.717) is 5.13 Å². The van der Waals surface area contributed by atoms with Crippen molar-refractivity contribution in [2.24, 2.45) is 7.05 Å². The molecule has 84 valence electrons. The van der Waals surface area contributed by atoms with Crippen molar-refractivity contribution in [3.05, 3.63) is 46.4 Å². The Morgan fingerprint density at radius 3 is 2.75 bits per heavy atom. The molecule has 0 aliphatic carbocycles. The van der Waals surface area contributed by atoms with Gasteiger partial charge in [0.05, 0.1) is 0 Å². The minimum Gasteiger partial charge on any atom is -0.360 e. The lowest BCUT2D eigenvalue weighted by Gasteiger charge is -2.01. The third-order valence-electron chi connectivity index (χ3n) is 2.22. The van der Waals surface area contributed by atoms with Crippen LogP contribution in [-0.4, -0.2) is 15.5 Å². The summed E-state index contributed by atoms with van der Waals surface area (Å²) < 4.78 is 1.50. The van der Waals surface area contributed by atoms with E-state index in [1.165, 1.54) is 21.1 Å². The molecule has 1 aromatic carbocycles. The van der Waals surface area contributed by atoms with Crippen LogP contribution in [-0.2, 0) is 13.5 Å². The van der Waals surface area contributed by atoms with Crippen molar-refractivity contribution in [1.82, 2.24) is 8.94 Å². The van der Waals surface area contributed by atoms with Crippen LogP contribution in [0.1, 0.15) is 5.56 Å². The van der Waals surface area contributed by atoms with Crippen molar-refractivity contribution in [1.29, 1.82) is 0 Å². The maximum absolute atomic E-state index is 11.1. The molecule has 0 amide bonds. The number of rotatable bonds is 4. The topological polar surface area (TPSA) is 46.9 Å². The summed E-state index contributed by atoms with van der Waals surface area (Å²) >= 11 is 1.33. The molecule has 0 radical (unpaired) electrons. The molecular weight excluding hydrogens is 222 g/mol. The molecular formula is C11H13N3OS. The second kappa shape index (κ2) is 4.94. The average Bonchev–Trinajstić information content (AvgIpc) is 2.60. The van der Waals surface area contributed by atoms with E-state index in [1.807, 2.05) is 18.2 Å². The standard InChI is InChI=1S/C11H13N3OS/c1-14-11(15)13-10(16-14)12-8-7-9-5-3-2-4-6-9/h2-6H,7-8H2,1H3,(H,12,13,15). The van der Waals surface area contributed by atoms with Gasteiger partial charge in [-0.1, -0.05) is 30.3 Å². The van der Waals surface area contributed by atoms with Crippen LogP contribution in [0.5, 0.6) is 0 Å². The van der Waals surface area contributed by atoms with Crippen molar-refractivity contribution in [3.63, 3.8) is 0 Å². The van der Waals surface area contributed by atoms with Gasteiger partial charge in [0.2, 0.25) is 5.13 Å². The van der Waals surface area contributed by atoms with Gasteiger partial charge in [-0.05, 0) is 23.5 Å². The molecule has 1 heterocycles. The van der Waals surface area contributed by atoms with Gasteiger partial charge in [-0.2, -0.15) is 4.98 Å². The molecule has 0 saturated carbocycles. The maximum atomic E-state index is 11.1. The summed E-state index contributed by atoms with van der Waals surface area (Å²) in [5.41, 5.74) is 1.07. The molecule has 0 bridgehead atoms. The molecule has 0 saturated heterocycles. The van der Waals surface area contributed by atoms with Crippen LogP contribution in [0.4, 0.5) is 5.13 Å². The number of benzene rings is 1. The number of nitrogens with one attached hydrogen (secondary N) is 1. The highest BCUT2D eigenvalue weighted by molar-refractivity contribution is 7.10. The van der Waals surface area contributed by atoms with E-state index >= 15 is 0 Å². The Kier molecular flexibility index (Phi) is 3.36. The fourth-order valence-electron chi connectivity index (χ4n) is 1.38. The summed E-state index contributed by atoms with van der Waals surface area (Å²) in [5, 5.41) is 3.83. The van der Waals surface area contributed by atoms with Crippen molar-refractivity contribution < 1.29 is 0 Å². The molecule has 0 spiro atoms. The van der Waals surface area contributed by atoms with Crippen LogP contribution in [0, 0.1) is 0 Å². The number of hydrogen-bond donors (Lipinski definition) is 1. The van der Waals surface area contributed by atoms with Crippen LogP contribution in [0.2, 0.25) is 0 Å². The minimum absolute atomic E-state index is 0.202. The van der Waals surface area contributed by atoms with Gasteiger partial charge in [-0.3, -0.25) is 0 Å². The molecule has 2 aromatic rings. The number of anilines is 1. The molecule has 16 heavy (non-hydrogen) atoms. The van der Waals surface area contributed by atoms with Crippen molar-refractivity contribution >= 4 is 16.7 Å². The highest BCUT2D eigenvalue weighted by Crippen LogP contribution is 2.07. The van der Waals surface area contributed by atoms with Crippen molar-refractivity contribution in [3.8, 4) is 0 Å². The van der Waals surface area contributed by atoms with Crippen LogP contribution >= 0.6 is 11.5 Å². The molecule has 1 aromatic heterocycles. The first-order valence-corrected chi connectivity index (χ1v) is 5.85. The van der Waals surface area contributed by atoms with Gasteiger partial charge in [0, 0.05) is 13.6 Å². The average molecular weight is 235 g/mol. The monoisotopic (exact) mass is 235 g/mol. The van der Waals surface area contributed by atoms with Crippen LogP contribution in [0.25, 0.3) is 0 Å². The normalized spacial score (nSPS) is 10.3. The second-order valence-electron chi connectivity index (χ2n) is 3.45. The quantitative estimate of drug-likeness (QED) is 0.873. The van der Waals surface area contributed by atoms with E-state index < -0.39 is 0 Å². The van der Waals surface area contributed by atoms with Gasteiger partial charge in [-0.25, -0.2) is 8.75 Å². The van der Waals surface area contributed by atoms with Crippen molar-refractivity contribution in [2.45, 2.75) is 6.42 Å². The highest BCUT2D eigenvalue weighted by Gasteiger charge is 2.01. The fourth-order valence-corrected chi connectivity index (χ4v) is 2.04. The second-order valence-corrected chi connectivity index (χ2v) is 4.57. The van der Waals surface area contributed by atoms with Gasteiger partial charge in [0.15, 0.2) is 0 Å². The zero-order valence-electron chi connectivity index (χ0n) is 9.01. The lowest BCUT2D eigenvalue weighted by Crippen LogP contribution is -2.11. The van der Waals surface area contributed by atoms with Gasteiger partial charge in [0.25, 0.3) is 0 Å². The molecule has 2 rings (SSSR count). The first kappa shape index (κ1) is 10.9. The Balaban J connectivity index is 1.87. The fraction of sp³-hybridized carbons (Fsp3) is 0.273. The van der Waals surface area contributed by atoms with Gasteiger partial charge >= 0.3 is 5.69 Å². The van der Waals surface area contributed by atoms with E-state index in [1.54, 1.807) is 7.05 Å². The summed E-state index contributed by atoms with van der Waals surface area (Å²) in [4.78, 5) is 15.0. The molecule has 0 unspecified atom stereocenters. The van der Waals surface area contributed by atoms with Gasteiger partial charge < -0.3 is 5.32 Å². The molecule has 0 aliphatic heterocycles. The van der Waals surface area contributed by atoms with Crippen LogP contribution < -0.4 is 11.0 Å². The lowest BCUT2D eigenvalue weighted by molar-refractivity contribution is 0.929. The Morgan fingerprint density at radius 1 is 1.38 bits per heavy atom. The van der Waals surface area contributed by atoms with E-state index in [-0.39, 0.29) is 5.69 Å². The SMILES string of the molecule is Cn1sc(NCCc2ccccc2)nc1=O. The first-order valence-electron chi connectivity index (χ1n) is 5.08. The smallest absolute Gasteiger partial charge is 0.359 e. The highest BCUT2D eigenvalue weighted by atomic mass is 32.1. The van der Waals surface area contributed by atoms with E-state index in [9.17, 15) is 4.79 Å². The van der Waals surface area contributed by atoms with E-state index in [0.717, 1.165) is 13.0 Å². The predicted octanol–water partition coefficient (Wildman–Crippen LogP) is 1.50. The number of nitrogens with zero attached hydrogens (tertiary/aromatic N) is 2. The van der Waals surface area contributed by atoms with E-state index in [2.05, 4.69) is 22.4 Å². The number of aromatic nitrogens is 2. The zero-order chi connectivity index (χ0) is 11.4. The third-order valence-corrected chi connectivity index (χ3v) is 3.06. The zero-order valence-corrected chi connectivity index (χ0v) is 9.83. The predicted molar refractivity (Wildman–Crippen MR) is 66.0 cm³/mol. The minimum atomic E-state index is -0.202. The number of hydrogen-bond acceptors (Lipinski definition) is 4. The molecule has 5 heteroatoms. The number of aryl methyl sites for hydroxylation is 1. The summed E-state index contributed by atoms with van der Waals surface area (Å²) in [6.07, 6.45) is 0.929. The molecule has 0 atom stereocenters.